The highest BCUT2D eigenvalue weighted by molar-refractivity contribution is 6.12. The second-order valence-corrected chi connectivity index (χ2v) is 14.7. The molecular weight excluding hydrogens is 623 g/mol. The summed E-state index contributed by atoms with van der Waals surface area (Å²) in [5.74, 6) is -3.36. The molecule has 1 amide bonds. The van der Waals surface area contributed by atoms with Crippen LogP contribution in [0.1, 0.15) is 83.3 Å². The first-order valence-electron chi connectivity index (χ1n) is 16.8. The molecule has 1 aromatic heterocycles. The fourth-order valence-corrected chi connectivity index (χ4v) is 7.12. The number of carboxylic acid groups (broad SMARTS) is 1. The molecule has 4 aromatic rings. The lowest BCUT2D eigenvalue weighted by Gasteiger charge is -2.45. The van der Waals surface area contributed by atoms with Crippen LogP contribution in [0.3, 0.4) is 0 Å². The fraction of sp³-hybridized carbons (Fsp3) is 0.400. The number of hydrogen-bond acceptors (Lipinski definition) is 5. The summed E-state index contributed by atoms with van der Waals surface area (Å²) in [6, 6.07) is 22.2. The minimum absolute atomic E-state index is 0.0923. The number of ether oxygens (including phenoxy) is 2. The number of phenolic OH excluding ortho intramolecular Hbond substituents is 1. The van der Waals surface area contributed by atoms with Gasteiger partial charge in [-0.3, -0.25) is 9.59 Å². The third-order valence-electron chi connectivity index (χ3n) is 9.01. The van der Waals surface area contributed by atoms with Gasteiger partial charge >= 0.3 is 5.97 Å². The predicted octanol–water partition coefficient (Wildman–Crippen LogP) is 9.09. The van der Waals surface area contributed by atoms with Crippen LogP contribution in [0, 0.1) is 17.2 Å². The maximum atomic E-state index is 14.4. The topological polar surface area (TPSA) is 110 Å². The molecule has 5 rings (SSSR count). The normalized spacial score (nSPS) is 18.3. The molecule has 1 aliphatic rings. The number of aromatic hydroxyl groups is 1. The van der Waals surface area contributed by atoms with Crippen molar-refractivity contribution in [3.05, 3.63) is 95.9 Å². The zero-order valence-corrected chi connectivity index (χ0v) is 29.3. The average molecular weight is 671 g/mol. The largest absolute Gasteiger partial charge is 0.508 e. The number of rotatable bonds is 10. The predicted molar refractivity (Wildman–Crippen MR) is 189 cm³/mol. The Bertz CT molecular complexity index is 1770. The van der Waals surface area contributed by atoms with Gasteiger partial charge in [-0.15, -0.1) is 0 Å². The third-order valence-corrected chi connectivity index (χ3v) is 9.01. The lowest BCUT2D eigenvalue weighted by Crippen LogP contribution is -2.51. The van der Waals surface area contributed by atoms with E-state index in [1.54, 1.807) is 36.4 Å². The summed E-state index contributed by atoms with van der Waals surface area (Å²) in [7, 11) is 0. The van der Waals surface area contributed by atoms with Gasteiger partial charge in [-0.2, -0.15) is 0 Å². The zero-order chi connectivity index (χ0) is 35.7. The molecule has 260 valence electrons. The molecule has 0 spiro atoms. The van der Waals surface area contributed by atoms with Gasteiger partial charge in [-0.1, -0.05) is 65.0 Å². The van der Waals surface area contributed by atoms with Gasteiger partial charge in [-0.05, 0) is 91.3 Å². The van der Waals surface area contributed by atoms with Gasteiger partial charge in [0.05, 0.1) is 29.4 Å². The monoisotopic (exact) mass is 670 g/mol. The van der Waals surface area contributed by atoms with Gasteiger partial charge in [-0.25, -0.2) is 4.39 Å². The Balaban J connectivity index is 1.67. The molecule has 1 unspecified atom stereocenters. The highest BCUT2D eigenvalue weighted by atomic mass is 19.1. The minimum atomic E-state index is -1.01. The number of nitrogens with zero attached hydrogens (tertiary/aromatic N) is 1. The van der Waals surface area contributed by atoms with E-state index in [9.17, 15) is 24.2 Å². The number of para-hydroxylation sites is 1. The number of aliphatic carboxylic acids is 1. The summed E-state index contributed by atoms with van der Waals surface area (Å²) >= 11 is 0. The molecule has 8 nitrogen and oxygen atoms in total. The lowest BCUT2D eigenvalue weighted by atomic mass is 9.75. The second kappa shape index (κ2) is 14.2. The number of carboxylic acids is 1. The maximum absolute atomic E-state index is 14.4. The van der Waals surface area contributed by atoms with Crippen LogP contribution in [-0.4, -0.2) is 44.7 Å². The molecule has 1 aliphatic heterocycles. The first-order valence-corrected chi connectivity index (χ1v) is 16.8. The van der Waals surface area contributed by atoms with Crippen molar-refractivity contribution in [2.45, 2.75) is 91.8 Å². The van der Waals surface area contributed by atoms with Crippen LogP contribution in [0.5, 0.6) is 5.75 Å². The van der Waals surface area contributed by atoms with E-state index >= 15 is 0 Å². The van der Waals surface area contributed by atoms with Gasteiger partial charge in [0.2, 0.25) is 0 Å². The molecular formula is C40H47FN2O6. The smallest absolute Gasteiger partial charge is 0.309 e. The number of aromatic nitrogens is 1. The van der Waals surface area contributed by atoms with E-state index in [4.69, 9.17) is 9.47 Å². The van der Waals surface area contributed by atoms with E-state index in [0.717, 1.165) is 17.0 Å². The van der Waals surface area contributed by atoms with Gasteiger partial charge < -0.3 is 29.6 Å². The molecule has 3 aromatic carbocycles. The van der Waals surface area contributed by atoms with E-state index in [0.29, 0.717) is 41.8 Å². The number of benzene rings is 3. The van der Waals surface area contributed by atoms with Crippen molar-refractivity contribution in [1.82, 2.24) is 4.57 Å². The van der Waals surface area contributed by atoms with Crippen LogP contribution < -0.4 is 5.32 Å². The summed E-state index contributed by atoms with van der Waals surface area (Å²) in [6.45, 7) is 13.8. The van der Waals surface area contributed by atoms with Gasteiger partial charge in [0.15, 0.2) is 5.79 Å². The summed E-state index contributed by atoms with van der Waals surface area (Å²) in [5, 5.41) is 23.5. The molecule has 1 saturated heterocycles. The Kier molecular flexibility index (Phi) is 10.4. The van der Waals surface area contributed by atoms with E-state index < -0.39 is 29.2 Å². The van der Waals surface area contributed by atoms with Crippen molar-refractivity contribution in [2.24, 2.45) is 11.3 Å². The van der Waals surface area contributed by atoms with Crippen molar-refractivity contribution in [1.29, 1.82) is 0 Å². The average Bonchev–Trinajstić information content (AvgIpc) is 3.35. The highest BCUT2D eigenvalue weighted by Crippen LogP contribution is 2.44. The Hall–Kier alpha value is -4.47. The van der Waals surface area contributed by atoms with Crippen LogP contribution in [0.15, 0.2) is 78.9 Å². The summed E-state index contributed by atoms with van der Waals surface area (Å²) < 4.78 is 29.1. The van der Waals surface area contributed by atoms with Gasteiger partial charge in [0.1, 0.15) is 11.6 Å². The number of carbonyl (C=O) groups excluding carboxylic acids is 1. The highest BCUT2D eigenvalue weighted by Gasteiger charge is 2.46. The SMILES string of the molecule is CC(C)c1c(C(=O)Nc2ccccc2)c(-c2ccc(O)cc2)c(-c2ccc(F)cc2)n1CC[C@@H]1C[C@H](C(C(=O)O)C(C)(C)C)OC(C)(C)O1. The lowest BCUT2D eigenvalue weighted by molar-refractivity contribution is -0.312. The Morgan fingerprint density at radius 3 is 2.14 bits per heavy atom. The molecule has 49 heavy (non-hydrogen) atoms. The number of nitrogens with one attached hydrogen (secondary N) is 1. The summed E-state index contributed by atoms with van der Waals surface area (Å²) in [5.41, 5.74) is 4.19. The Labute approximate surface area is 287 Å². The first kappa shape index (κ1) is 35.8. The number of phenols is 1. The van der Waals surface area contributed by atoms with E-state index in [1.807, 2.05) is 78.8 Å². The van der Waals surface area contributed by atoms with E-state index in [2.05, 4.69) is 9.88 Å². The fourth-order valence-electron chi connectivity index (χ4n) is 7.12. The minimum Gasteiger partial charge on any atom is -0.508 e. The summed E-state index contributed by atoms with van der Waals surface area (Å²) in [6.07, 6.45) is -0.0394. The maximum Gasteiger partial charge on any atom is 0.309 e. The van der Waals surface area contributed by atoms with E-state index in [1.165, 1.54) is 12.1 Å². The van der Waals surface area contributed by atoms with Crippen LogP contribution in [-0.2, 0) is 20.8 Å². The quantitative estimate of drug-likeness (QED) is 0.155. The number of halogens is 1. The zero-order valence-electron chi connectivity index (χ0n) is 29.3. The molecule has 0 aliphatic carbocycles. The van der Waals surface area contributed by atoms with E-state index in [-0.39, 0.29) is 29.5 Å². The molecule has 9 heteroatoms. The summed E-state index contributed by atoms with van der Waals surface area (Å²) in [4.78, 5) is 26.9. The van der Waals surface area contributed by atoms with Crippen LogP contribution in [0.4, 0.5) is 10.1 Å². The number of carbonyl (C=O) groups is 2. The van der Waals surface area contributed by atoms with Crippen LogP contribution in [0.25, 0.3) is 22.4 Å². The molecule has 3 N–H and O–H groups in total. The van der Waals surface area contributed by atoms with Gasteiger partial charge in [0.25, 0.3) is 5.91 Å². The second-order valence-electron chi connectivity index (χ2n) is 14.7. The number of hydrogen-bond donors (Lipinski definition) is 3. The van der Waals surface area contributed by atoms with Crippen molar-refractivity contribution < 1.29 is 33.7 Å². The van der Waals surface area contributed by atoms with Crippen molar-refractivity contribution in [3.8, 4) is 28.1 Å². The molecule has 0 saturated carbocycles. The van der Waals surface area contributed by atoms with Crippen molar-refractivity contribution in [3.63, 3.8) is 0 Å². The molecule has 3 atom stereocenters. The third kappa shape index (κ3) is 8.06. The molecule has 1 fully saturated rings. The molecule has 0 bridgehead atoms. The first-order chi connectivity index (χ1) is 23.1. The number of amides is 1. The standard InChI is InChI=1S/C40H47FN2O6/c1-24(2)35-33(37(45)42-28-11-9-8-10-12-28)32(25-15-19-29(44)20-16-25)36(26-13-17-27(41)18-14-26)43(35)22-21-30-23-31(49-40(6,7)48-30)34(38(46)47)39(3,4)5/h8-20,24,30-31,34,44H,21-23H2,1-7H3,(H,42,45)(H,46,47)/t30-,31-,34?/m1/s1. The Morgan fingerprint density at radius 1 is 0.959 bits per heavy atom. The Morgan fingerprint density at radius 2 is 1.57 bits per heavy atom. The van der Waals surface area contributed by atoms with Crippen LogP contribution in [0.2, 0.25) is 0 Å². The molecule has 2 heterocycles. The number of anilines is 1. The van der Waals surface area contributed by atoms with Crippen molar-refractivity contribution in [2.75, 3.05) is 5.32 Å². The van der Waals surface area contributed by atoms with Gasteiger partial charge in [0, 0.05) is 29.9 Å². The van der Waals surface area contributed by atoms with Crippen molar-refractivity contribution >= 4 is 17.6 Å². The van der Waals surface area contributed by atoms with Crippen LogP contribution >= 0.6 is 0 Å². The molecule has 0 radical (unpaired) electrons.